The van der Waals surface area contributed by atoms with Gasteiger partial charge in [-0.05, 0) is 25.9 Å². The maximum atomic E-state index is 5.35. The van der Waals surface area contributed by atoms with Crippen LogP contribution in [0.5, 0.6) is 0 Å². The molecule has 1 fully saturated rings. The van der Waals surface area contributed by atoms with Crippen molar-refractivity contribution < 1.29 is 0 Å². The third-order valence-electron chi connectivity index (χ3n) is 2.72. The van der Waals surface area contributed by atoms with Crippen LogP contribution in [0.25, 0.3) is 0 Å². The van der Waals surface area contributed by atoms with Crippen molar-refractivity contribution in [3.8, 4) is 0 Å². The van der Waals surface area contributed by atoms with Gasteiger partial charge in [0.05, 0.1) is 0 Å². The highest BCUT2D eigenvalue weighted by Crippen LogP contribution is 2.14. The monoisotopic (exact) mass is 199 g/mol. The lowest BCUT2D eigenvalue weighted by atomic mass is 10.1. The van der Waals surface area contributed by atoms with Crippen molar-refractivity contribution in [1.29, 1.82) is 0 Å². The fourth-order valence-corrected chi connectivity index (χ4v) is 1.99. The molecule has 0 saturated carbocycles. The van der Waals surface area contributed by atoms with E-state index in [4.69, 9.17) is 5.84 Å². The minimum absolute atomic E-state index is 0.732. The summed E-state index contributed by atoms with van der Waals surface area (Å²) in [6, 6.07) is 0. The highest BCUT2D eigenvalue weighted by atomic mass is 15.4. The van der Waals surface area contributed by atoms with Gasteiger partial charge in [0.2, 0.25) is 5.96 Å². The molecule has 1 atom stereocenters. The van der Waals surface area contributed by atoms with E-state index in [2.05, 4.69) is 27.3 Å². The van der Waals surface area contributed by atoms with Crippen molar-refractivity contribution in [2.75, 3.05) is 40.8 Å². The second-order valence-electron chi connectivity index (χ2n) is 3.99. The van der Waals surface area contributed by atoms with E-state index in [9.17, 15) is 0 Å². The lowest BCUT2D eigenvalue weighted by molar-refractivity contribution is 0.350. The summed E-state index contributed by atoms with van der Waals surface area (Å²) in [6.45, 7) is 3.39. The number of guanidine groups is 1. The first-order chi connectivity index (χ1) is 6.67. The van der Waals surface area contributed by atoms with Crippen LogP contribution in [0.4, 0.5) is 0 Å². The Morgan fingerprint density at radius 3 is 2.86 bits per heavy atom. The predicted molar refractivity (Wildman–Crippen MR) is 58.9 cm³/mol. The summed E-state index contributed by atoms with van der Waals surface area (Å²) in [5, 5.41) is 0. The molecule has 0 radical (unpaired) electrons. The van der Waals surface area contributed by atoms with Crippen molar-refractivity contribution in [3.05, 3.63) is 0 Å². The number of hydrogen-bond donors (Lipinski definition) is 2. The van der Waals surface area contributed by atoms with E-state index in [1.807, 2.05) is 7.05 Å². The highest BCUT2D eigenvalue weighted by molar-refractivity contribution is 5.78. The first kappa shape index (κ1) is 11.3. The number of hydrazine groups is 1. The molecule has 1 aliphatic heterocycles. The summed E-state index contributed by atoms with van der Waals surface area (Å²) >= 11 is 0. The Labute approximate surface area is 85.9 Å². The molecule has 0 aliphatic carbocycles. The maximum Gasteiger partial charge on any atom is 0.207 e. The van der Waals surface area contributed by atoms with Crippen LogP contribution in [0.2, 0.25) is 0 Å². The number of rotatable bonds is 2. The zero-order valence-corrected chi connectivity index (χ0v) is 9.32. The zero-order chi connectivity index (χ0) is 10.6. The fraction of sp³-hybridized carbons (Fsp3) is 0.889. The number of nitrogens with two attached hydrogens (primary N) is 1. The van der Waals surface area contributed by atoms with E-state index in [0.717, 1.165) is 18.4 Å². The van der Waals surface area contributed by atoms with Gasteiger partial charge < -0.3 is 9.80 Å². The quantitative estimate of drug-likeness (QED) is 0.268. The van der Waals surface area contributed by atoms with Gasteiger partial charge in [-0.3, -0.25) is 10.4 Å². The van der Waals surface area contributed by atoms with Crippen molar-refractivity contribution in [1.82, 2.24) is 15.2 Å². The van der Waals surface area contributed by atoms with Gasteiger partial charge in [-0.1, -0.05) is 0 Å². The summed E-state index contributed by atoms with van der Waals surface area (Å²) in [5.74, 6) is 6.83. The van der Waals surface area contributed by atoms with Gasteiger partial charge in [-0.25, -0.2) is 5.84 Å². The van der Waals surface area contributed by atoms with E-state index in [1.54, 1.807) is 7.05 Å². The average Bonchev–Trinajstić information content (AvgIpc) is 2.53. The van der Waals surface area contributed by atoms with Crippen molar-refractivity contribution in [3.63, 3.8) is 0 Å². The van der Waals surface area contributed by atoms with Gasteiger partial charge in [-0.2, -0.15) is 0 Å². The molecular formula is C9H21N5. The number of nitrogens with zero attached hydrogens (tertiary/aromatic N) is 3. The highest BCUT2D eigenvalue weighted by Gasteiger charge is 2.21. The smallest absolute Gasteiger partial charge is 0.207 e. The van der Waals surface area contributed by atoms with E-state index >= 15 is 0 Å². The Morgan fingerprint density at radius 1 is 1.71 bits per heavy atom. The largest absolute Gasteiger partial charge is 0.345 e. The summed E-state index contributed by atoms with van der Waals surface area (Å²) < 4.78 is 0. The second-order valence-corrected chi connectivity index (χ2v) is 3.99. The van der Waals surface area contributed by atoms with E-state index in [0.29, 0.717) is 0 Å². The van der Waals surface area contributed by atoms with E-state index in [-0.39, 0.29) is 0 Å². The maximum absolute atomic E-state index is 5.35. The second kappa shape index (κ2) is 5.17. The van der Waals surface area contributed by atoms with Crippen LogP contribution < -0.4 is 11.3 Å². The van der Waals surface area contributed by atoms with E-state index in [1.165, 1.54) is 19.5 Å². The first-order valence-corrected chi connectivity index (χ1v) is 5.00. The molecule has 1 aliphatic rings. The topological polar surface area (TPSA) is 56.9 Å². The molecule has 82 valence electrons. The summed E-state index contributed by atoms with van der Waals surface area (Å²) in [7, 11) is 5.92. The number of likely N-dealkylation sites (tertiary alicyclic amines) is 1. The summed E-state index contributed by atoms with van der Waals surface area (Å²) in [4.78, 5) is 8.49. The third kappa shape index (κ3) is 2.85. The molecule has 5 nitrogen and oxygen atoms in total. The minimum atomic E-state index is 0.732. The Hall–Kier alpha value is -0.810. The van der Waals surface area contributed by atoms with Crippen molar-refractivity contribution >= 4 is 5.96 Å². The Bertz CT molecular complexity index is 203. The minimum Gasteiger partial charge on any atom is -0.345 e. The number of nitrogens with one attached hydrogen (secondary N) is 1. The summed E-state index contributed by atoms with van der Waals surface area (Å²) in [6.07, 6.45) is 1.27. The van der Waals surface area contributed by atoms with Crippen LogP contribution in [0.15, 0.2) is 4.99 Å². The molecule has 5 heteroatoms. The van der Waals surface area contributed by atoms with E-state index < -0.39 is 0 Å². The first-order valence-electron chi connectivity index (χ1n) is 5.00. The van der Waals surface area contributed by atoms with Crippen LogP contribution in [0.3, 0.4) is 0 Å². The van der Waals surface area contributed by atoms with Crippen LogP contribution in [-0.2, 0) is 0 Å². The molecule has 1 unspecified atom stereocenters. The molecule has 1 rings (SSSR count). The molecule has 0 aromatic carbocycles. The molecule has 0 aromatic heterocycles. The SMILES string of the molecule is CN=C(NN)N(C)CC1CCN(C)C1. The molecule has 14 heavy (non-hydrogen) atoms. The predicted octanol–water partition coefficient (Wildman–Crippen LogP) is -0.681. The normalized spacial score (nSPS) is 24.0. The van der Waals surface area contributed by atoms with Crippen LogP contribution in [0.1, 0.15) is 6.42 Å². The third-order valence-corrected chi connectivity index (χ3v) is 2.72. The molecule has 0 aromatic rings. The molecule has 1 saturated heterocycles. The molecule has 0 spiro atoms. The van der Waals surface area contributed by atoms with Crippen molar-refractivity contribution in [2.24, 2.45) is 16.8 Å². The van der Waals surface area contributed by atoms with Gasteiger partial charge in [0.25, 0.3) is 0 Å². The lowest BCUT2D eigenvalue weighted by Crippen LogP contribution is -2.44. The molecule has 0 amide bonds. The molecule has 1 heterocycles. The van der Waals surface area contributed by atoms with Gasteiger partial charge in [-0.15, -0.1) is 0 Å². The standard InChI is InChI=1S/C9H21N5/c1-11-9(12-10)14(3)7-8-4-5-13(2)6-8/h8H,4-7,10H2,1-3H3,(H,11,12). The van der Waals surface area contributed by atoms with Gasteiger partial charge in [0.1, 0.15) is 0 Å². The Kier molecular flexibility index (Phi) is 4.16. The van der Waals surface area contributed by atoms with Gasteiger partial charge in [0.15, 0.2) is 0 Å². The fourth-order valence-electron chi connectivity index (χ4n) is 1.99. The van der Waals surface area contributed by atoms with Crippen LogP contribution in [0, 0.1) is 5.92 Å². The van der Waals surface area contributed by atoms with Crippen LogP contribution >= 0.6 is 0 Å². The Morgan fingerprint density at radius 2 is 2.43 bits per heavy atom. The molecule has 0 bridgehead atoms. The number of hydrogen-bond acceptors (Lipinski definition) is 3. The number of aliphatic imine (C=N–C) groups is 1. The average molecular weight is 199 g/mol. The van der Waals surface area contributed by atoms with Gasteiger partial charge in [0, 0.05) is 27.2 Å². The lowest BCUT2D eigenvalue weighted by Gasteiger charge is -2.23. The molecule has 3 N–H and O–H groups in total. The van der Waals surface area contributed by atoms with Crippen LogP contribution in [-0.4, -0.2) is 56.5 Å². The summed E-state index contributed by atoms with van der Waals surface area (Å²) in [5.41, 5.74) is 2.60. The molecular weight excluding hydrogens is 178 g/mol. The van der Waals surface area contributed by atoms with Crippen molar-refractivity contribution in [2.45, 2.75) is 6.42 Å². The van der Waals surface area contributed by atoms with Gasteiger partial charge >= 0.3 is 0 Å². The zero-order valence-electron chi connectivity index (χ0n) is 9.32. The Balaban J connectivity index is 2.36.